The summed E-state index contributed by atoms with van der Waals surface area (Å²) < 4.78 is 10.3. The third kappa shape index (κ3) is 13.0. The Kier molecular flexibility index (Phi) is 12.2. The van der Waals surface area contributed by atoms with Crippen LogP contribution < -0.4 is 16.0 Å². The van der Waals surface area contributed by atoms with Crippen LogP contribution in [-0.4, -0.2) is 69.1 Å². The van der Waals surface area contributed by atoms with Gasteiger partial charge in [0.05, 0.1) is 19.8 Å². The van der Waals surface area contributed by atoms with Crippen molar-refractivity contribution in [2.75, 3.05) is 39.5 Å². The van der Waals surface area contributed by atoms with Gasteiger partial charge >= 0.3 is 0 Å². The number of Topliss-reactive ketones (excluding diaryl/α,β-unsaturated/α-hetero) is 1. The van der Waals surface area contributed by atoms with Crippen molar-refractivity contribution >= 4 is 24.0 Å². The molecule has 0 rings (SSSR count). The van der Waals surface area contributed by atoms with E-state index in [0.29, 0.717) is 45.7 Å². The lowest BCUT2D eigenvalue weighted by atomic mass is 10.0. The topological polar surface area (TPSA) is 123 Å². The van der Waals surface area contributed by atoms with Crippen molar-refractivity contribution in [3.05, 3.63) is 0 Å². The predicted molar refractivity (Wildman–Crippen MR) is 90.9 cm³/mol. The quantitative estimate of drug-likeness (QED) is 0.258. The van der Waals surface area contributed by atoms with Gasteiger partial charge in [-0.05, 0) is 27.2 Å². The number of ketones is 1. The number of nitrogens with one attached hydrogen (secondary N) is 3. The average Bonchev–Trinajstić information content (AvgIpc) is 2.53. The highest BCUT2D eigenvalue weighted by Gasteiger charge is 2.28. The first-order valence-electron chi connectivity index (χ1n) is 8.21. The summed E-state index contributed by atoms with van der Waals surface area (Å²) in [5.41, 5.74) is -1.04. The highest BCUT2D eigenvalue weighted by molar-refractivity contribution is 5.90. The molecular weight excluding hydrogens is 330 g/mol. The molecule has 0 aromatic heterocycles. The summed E-state index contributed by atoms with van der Waals surface area (Å²) >= 11 is 0. The van der Waals surface area contributed by atoms with Crippen molar-refractivity contribution in [2.45, 2.75) is 39.2 Å². The third-order valence-corrected chi connectivity index (χ3v) is 3.04. The van der Waals surface area contributed by atoms with Gasteiger partial charge in [0.25, 0.3) is 0 Å². The molecule has 9 nitrogen and oxygen atoms in total. The van der Waals surface area contributed by atoms with Crippen LogP contribution in [0.5, 0.6) is 0 Å². The maximum absolute atomic E-state index is 12.1. The SMILES string of the molecule is CC(=O)COCCOCCNC(=O)C(C)(C)NC(=O)CCCNC=O. The predicted octanol–water partition coefficient (Wildman–Crippen LogP) is -0.854. The van der Waals surface area contributed by atoms with Crippen molar-refractivity contribution in [1.29, 1.82) is 0 Å². The molecule has 0 radical (unpaired) electrons. The average molecular weight is 359 g/mol. The maximum atomic E-state index is 12.1. The summed E-state index contributed by atoms with van der Waals surface area (Å²) in [6, 6.07) is 0. The molecule has 0 atom stereocenters. The summed E-state index contributed by atoms with van der Waals surface area (Å²) in [7, 11) is 0. The van der Waals surface area contributed by atoms with Gasteiger partial charge in [0.15, 0.2) is 5.78 Å². The molecule has 0 spiro atoms. The van der Waals surface area contributed by atoms with Crippen LogP contribution >= 0.6 is 0 Å². The van der Waals surface area contributed by atoms with E-state index in [4.69, 9.17) is 9.47 Å². The zero-order valence-electron chi connectivity index (χ0n) is 15.2. The van der Waals surface area contributed by atoms with E-state index in [-0.39, 0.29) is 30.6 Å². The number of amides is 3. The summed E-state index contributed by atoms with van der Waals surface area (Å²) in [5.74, 6) is -0.619. The van der Waals surface area contributed by atoms with Crippen LogP contribution in [0, 0.1) is 0 Å². The Morgan fingerprint density at radius 3 is 2.36 bits per heavy atom. The van der Waals surface area contributed by atoms with Crippen molar-refractivity contribution in [3.63, 3.8) is 0 Å². The smallest absolute Gasteiger partial charge is 0.245 e. The van der Waals surface area contributed by atoms with Crippen molar-refractivity contribution in [2.24, 2.45) is 0 Å². The number of carbonyl (C=O) groups is 4. The molecule has 0 bridgehead atoms. The molecule has 0 fully saturated rings. The Balaban J connectivity index is 3.82. The van der Waals surface area contributed by atoms with E-state index in [0.717, 1.165) is 0 Å². The van der Waals surface area contributed by atoms with E-state index < -0.39 is 5.54 Å². The zero-order chi connectivity index (χ0) is 19.1. The van der Waals surface area contributed by atoms with Crippen LogP contribution in [0.15, 0.2) is 0 Å². The van der Waals surface area contributed by atoms with Gasteiger partial charge < -0.3 is 25.4 Å². The number of hydrogen-bond acceptors (Lipinski definition) is 6. The number of hydrogen-bond donors (Lipinski definition) is 3. The fourth-order valence-corrected chi connectivity index (χ4v) is 1.77. The van der Waals surface area contributed by atoms with E-state index in [1.54, 1.807) is 13.8 Å². The summed E-state index contributed by atoms with van der Waals surface area (Å²) in [6.45, 7) is 6.40. The van der Waals surface area contributed by atoms with Crippen LogP contribution in [0.4, 0.5) is 0 Å². The number of ether oxygens (including phenoxy) is 2. The molecule has 144 valence electrons. The molecule has 0 aliphatic heterocycles. The first-order valence-corrected chi connectivity index (χ1v) is 8.21. The van der Waals surface area contributed by atoms with Gasteiger partial charge in [-0.2, -0.15) is 0 Å². The van der Waals surface area contributed by atoms with Crippen molar-refractivity contribution < 1.29 is 28.7 Å². The first kappa shape index (κ1) is 23.0. The number of carbonyl (C=O) groups excluding carboxylic acids is 4. The standard InChI is InChI=1S/C16H29N3O6/c1-13(21)11-25-10-9-24-8-7-18-15(23)16(2,3)19-14(22)5-4-6-17-12-20/h12H,4-11H2,1-3H3,(H,17,20)(H,18,23)(H,19,22). The molecular formula is C16H29N3O6. The van der Waals surface area contributed by atoms with Crippen LogP contribution in [0.25, 0.3) is 0 Å². The third-order valence-electron chi connectivity index (χ3n) is 3.04. The Morgan fingerprint density at radius 1 is 1.04 bits per heavy atom. The van der Waals surface area contributed by atoms with E-state index >= 15 is 0 Å². The Morgan fingerprint density at radius 2 is 1.72 bits per heavy atom. The fourth-order valence-electron chi connectivity index (χ4n) is 1.77. The summed E-state index contributed by atoms with van der Waals surface area (Å²) in [4.78, 5) is 44.6. The normalized spacial score (nSPS) is 10.8. The van der Waals surface area contributed by atoms with E-state index in [2.05, 4.69) is 16.0 Å². The van der Waals surface area contributed by atoms with Gasteiger partial charge in [-0.1, -0.05) is 0 Å². The van der Waals surface area contributed by atoms with Crippen molar-refractivity contribution in [3.8, 4) is 0 Å². The lowest BCUT2D eigenvalue weighted by Gasteiger charge is -2.25. The van der Waals surface area contributed by atoms with Crippen LogP contribution in [0.1, 0.15) is 33.6 Å². The Labute approximate surface area is 148 Å². The molecule has 0 aromatic rings. The van der Waals surface area contributed by atoms with Gasteiger partial charge in [0.2, 0.25) is 18.2 Å². The second-order valence-corrected chi connectivity index (χ2v) is 5.97. The monoisotopic (exact) mass is 359 g/mol. The molecule has 25 heavy (non-hydrogen) atoms. The van der Waals surface area contributed by atoms with Crippen LogP contribution in [-0.2, 0) is 28.7 Å². The van der Waals surface area contributed by atoms with Gasteiger partial charge in [-0.25, -0.2) is 0 Å². The minimum absolute atomic E-state index is 0.0449. The fraction of sp³-hybridized carbons (Fsp3) is 0.750. The lowest BCUT2D eigenvalue weighted by Crippen LogP contribution is -2.55. The van der Waals surface area contributed by atoms with Crippen LogP contribution in [0.3, 0.4) is 0 Å². The molecule has 0 heterocycles. The molecule has 3 amide bonds. The molecule has 0 unspecified atom stereocenters. The summed E-state index contributed by atoms with van der Waals surface area (Å²) in [5, 5.41) is 7.80. The molecule has 0 aliphatic rings. The minimum Gasteiger partial charge on any atom is -0.377 e. The molecule has 3 N–H and O–H groups in total. The summed E-state index contributed by atoms with van der Waals surface area (Å²) in [6.07, 6.45) is 1.30. The Bertz CT molecular complexity index is 440. The highest BCUT2D eigenvalue weighted by Crippen LogP contribution is 2.03. The number of rotatable bonds is 15. The van der Waals surface area contributed by atoms with E-state index in [9.17, 15) is 19.2 Å². The largest absolute Gasteiger partial charge is 0.377 e. The molecule has 0 saturated heterocycles. The lowest BCUT2D eigenvalue weighted by molar-refractivity contribution is -0.132. The maximum Gasteiger partial charge on any atom is 0.245 e. The second kappa shape index (κ2) is 13.3. The molecule has 0 aromatic carbocycles. The zero-order valence-corrected chi connectivity index (χ0v) is 15.2. The van der Waals surface area contributed by atoms with Gasteiger partial charge in [-0.3, -0.25) is 19.2 Å². The Hall–Kier alpha value is -2.00. The van der Waals surface area contributed by atoms with E-state index in [1.807, 2.05) is 0 Å². The second-order valence-electron chi connectivity index (χ2n) is 5.97. The van der Waals surface area contributed by atoms with Crippen LogP contribution in [0.2, 0.25) is 0 Å². The molecule has 9 heteroatoms. The van der Waals surface area contributed by atoms with Crippen molar-refractivity contribution in [1.82, 2.24) is 16.0 Å². The van der Waals surface area contributed by atoms with Gasteiger partial charge in [-0.15, -0.1) is 0 Å². The first-order chi connectivity index (χ1) is 11.8. The molecule has 0 aliphatic carbocycles. The minimum atomic E-state index is -1.04. The van der Waals surface area contributed by atoms with Gasteiger partial charge in [0.1, 0.15) is 12.1 Å². The highest BCUT2D eigenvalue weighted by atomic mass is 16.5. The van der Waals surface area contributed by atoms with E-state index in [1.165, 1.54) is 6.92 Å². The van der Waals surface area contributed by atoms with Gasteiger partial charge in [0, 0.05) is 19.5 Å². The molecule has 0 saturated carbocycles.